The molecule has 0 aliphatic heterocycles. The second kappa shape index (κ2) is 17.9. The first kappa shape index (κ1) is 18.7. The van der Waals surface area contributed by atoms with Crippen LogP contribution in [0.15, 0.2) is 11.6 Å². The smallest absolute Gasteiger partial charge is 0.545 e. The molecular formula is C11H13FeO2. The third-order valence-corrected chi connectivity index (χ3v) is 1.54. The van der Waals surface area contributed by atoms with Crippen molar-refractivity contribution in [2.45, 2.75) is 25.7 Å². The van der Waals surface area contributed by atoms with Crippen molar-refractivity contribution in [1.82, 2.24) is 0 Å². The minimum absolute atomic E-state index is 0. The summed E-state index contributed by atoms with van der Waals surface area (Å²) in [4.78, 5) is 15.5. The van der Waals surface area contributed by atoms with Gasteiger partial charge in [-0.2, -0.15) is 6.92 Å². The van der Waals surface area contributed by atoms with Crippen molar-refractivity contribution in [3.8, 4) is 11.8 Å². The fourth-order valence-electron chi connectivity index (χ4n) is 1.07. The van der Waals surface area contributed by atoms with E-state index in [0.29, 0.717) is 0 Å². The summed E-state index contributed by atoms with van der Waals surface area (Å²) < 4.78 is 0. The summed E-state index contributed by atoms with van der Waals surface area (Å²) in [5.41, 5.74) is 1.29. The molecule has 0 heterocycles. The van der Waals surface area contributed by atoms with Gasteiger partial charge in [-0.15, -0.1) is 5.57 Å². The zero-order chi connectivity index (χ0) is 10.5. The second-order valence-electron chi connectivity index (χ2n) is 2.28. The summed E-state index contributed by atoms with van der Waals surface area (Å²) in [5, 5.41) is 0. The van der Waals surface area contributed by atoms with Crippen molar-refractivity contribution in [2.24, 2.45) is 0 Å². The number of carbonyl (C=O) groups excluding carboxylic acids is 2. The molecule has 0 unspecified atom stereocenters. The summed E-state index contributed by atoms with van der Waals surface area (Å²) in [6, 6.07) is 0. The maximum atomic E-state index is 7.75. The molecule has 0 bridgehead atoms. The van der Waals surface area contributed by atoms with Gasteiger partial charge in [0.25, 0.3) is 0 Å². The quantitative estimate of drug-likeness (QED) is 0.276. The van der Waals surface area contributed by atoms with Gasteiger partial charge in [-0.25, -0.2) is 0 Å². The largest absolute Gasteiger partial charge is 3.00 e. The van der Waals surface area contributed by atoms with Crippen LogP contribution in [0.5, 0.6) is 0 Å². The molecule has 1 aliphatic carbocycles. The predicted octanol–water partition coefficient (Wildman–Crippen LogP) is 1.77. The van der Waals surface area contributed by atoms with Crippen LogP contribution in [0.4, 0.5) is 0 Å². The van der Waals surface area contributed by atoms with Crippen LogP contribution in [0.2, 0.25) is 0 Å². The van der Waals surface area contributed by atoms with Gasteiger partial charge in [-0.05, 0) is 25.7 Å². The monoisotopic (exact) mass is 233 g/mol. The first-order valence-corrected chi connectivity index (χ1v) is 3.88. The number of rotatable bonds is 0. The predicted molar refractivity (Wildman–Crippen MR) is 53.2 cm³/mol. The molecule has 0 amide bonds. The average Bonchev–Trinajstić information content (AvgIpc) is 2.26. The number of allylic oxidation sites excluding steroid dienone is 2. The Morgan fingerprint density at radius 2 is 1.79 bits per heavy atom. The molecule has 14 heavy (non-hydrogen) atoms. The molecule has 77 valence electrons. The fraction of sp³-hybridized carbons (Fsp3) is 0.364. The van der Waals surface area contributed by atoms with E-state index in [9.17, 15) is 0 Å². The van der Waals surface area contributed by atoms with Crippen LogP contribution in [0.3, 0.4) is 0 Å². The molecule has 0 saturated heterocycles. The van der Waals surface area contributed by atoms with Crippen molar-refractivity contribution in [1.29, 1.82) is 0 Å². The summed E-state index contributed by atoms with van der Waals surface area (Å²) in [6.07, 6.45) is 7.25. The minimum Gasteiger partial charge on any atom is -0.545 e. The zero-order valence-corrected chi connectivity index (χ0v) is 9.04. The van der Waals surface area contributed by atoms with Gasteiger partial charge in [-0.3, -0.25) is 19.5 Å². The van der Waals surface area contributed by atoms with Gasteiger partial charge in [0.1, 0.15) is 0 Å². The van der Waals surface area contributed by atoms with Crippen molar-refractivity contribution < 1.29 is 26.7 Å². The van der Waals surface area contributed by atoms with E-state index in [-0.39, 0.29) is 17.1 Å². The van der Waals surface area contributed by atoms with Gasteiger partial charge in [0.15, 0.2) is 0 Å². The molecule has 0 fully saturated rings. The maximum Gasteiger partial charge on any atom is 3.00 e. The van der Waals surface area contributed by atoms with Crippen molar-refractivity contribution >= 4 is 13.6 Å². The first-order chi connectivity index (χ1) is 6.43. The van der Waals surface area contributed by atoms with E-state index in [1.807, 2.05) is 0 Å². The Morgan fingerprint density at radius 3 is 2.14 bits per heavy atom. The van der Waals surface area contributed by atoms with E-state index in [1.165, 1.54) is 31.3 Å². The van der Waals surface area contributed by atoms with E-state index in [1.54, 1.807) is 0 Å². The molecule has 1 aliphatic rings. The molecule has 1 radical (unpaired) electrons. The standard InChI is InChI=1S/C9H11.2CHO.Fe/c1-2-6-9-7-4-3-5-8-9;2*1-2;/h7H,1,3-5,8H2;2*1H;/q3*-1;+3. The van der Waals surface area contributed by atoms with Gasteiger partial charge in [0, 0.05) is 0 Å². The molecule has 0 aromatic carbocycles. The van der Waals surface area contributed by atoms with Crippen LogP contribution in [-0.2, 0) is 26.7 Å². The van der Waals surface area contributed by atoms with Crippen LogP contribution in [-0.4, -0.2) is 13.6 Å². The van der Waals surface area contributed by atoms with Crippen molar-refractivity contribution in [2.75, 3.05) is 0 Å². The molecule has 0 N–H and O–H groups in total. The van der Waals surface area contributed by atoms with Crippen LogP contribution in [0, 0.1) is 18.8 Å². The molecule has 0 spiro atoms. The normalized spacial score (nSPS) is 11.9. The third kappa shape index (κ3) is 11.0. The average molecular weight is 233 g/mol. The second-order valence-corrected chi connectivity index (χ2v) is 2.28. The minimum atomic E-state index is 0. The van der Waals surface area contributed by atoms with Crippen LogP contribution in [0.25, 0.3) is 0 Å². The first-order valence-electron chi connectivity index (χ1n) is 3.88. The van der Waals surface area contributed by atoms with E-state index in [2.05, 4.69) is 38.4 Å². The van der Waals surface area contributed by atoms with E-state index in [0.717, 1.165) is 0 Å². The molecule has 0 saturated carbocycles. The molecule has 3 heteroatoms. The topological polar surface area (TPSA) is 34.1 Å². The Balaban J connectivity index is -0.000000216. The van der Waals surface area contributed by atoms with Crippen LogP contribution in [0.1, 0.15) is 25.7 Å². The fourth-order valence-corrected chi connectivity index (χ4v) is 1.07. The Kier molecular flexibility index (Phi) is 24.0. The molecular weight excluding hydrogens is 220 g/mol. The maximum absolute atomic E-state index is 7.75. The van der Waals surface area contributed by atoms with E-state index in [4.69, 9.17) is 9.59 Å². The third-order valence-electron chi connectivity index (χ3n) is 1.54. The summed E-state index contributed by atoms with van der Waals surface area (Å²) in [6.45, 7) is 9.98. The van der Waals surface area contributed by atoms with Gasteiger partial charge in [0.2, 0.25) is 0 Å². The van der Waals surface area contributed by atoms with Gasteiger partial charge < -0.3 is 15.5 Å². The van der Waals surface area contributed by atoms with Gasteiger partial charge in [0.05, 0.1) is 0 Å². The molecule has 0 aromatic heterocycles. The Bertz CT molecular complexity index is 199. The SMILES string of the molecule is [CH-]=O.[CH-]=O.[CH2-]C#CC1=CCCCC1.[Fe+3]. The molecule has 0 aromatic rings. The number of hydrogen-bond donors (Lipinski definition) is 0. The van der Waals surface area contributed by atoms with Crippen LogP contribution < -0.4 is 0 Å². The molecule has 0 atom stereocenters. The van der Waals surface area contributed by atoms with Crippen LogP contribution >= 0.6 is 0 Å². The Morgan fingerprint density at radius 1 is 1.21 bits per heavy atom. The van der Waals surface area contributed by atoms with E-state index >= 15 is 0 Å². The zero-order valence-electron chi connectivity index (χ0n) is 7.94. The summed E-state index contributed by atoms with van der Waals surface area (Å²) in [7, 11) is 0. The van der Waals surface area contributed by atoms with Crippen molar-refractivity contribution in [3.63, 3.8) is 0 Å². The Hall–Kier alpha value is -0.971. The number of hydrogen-bond acceptors (Lipinski definition) is 2. The molecule has 2 nitrogen and oxygen atoms in total. The summed E-state index contributed by atoms with van der Waals surface area (Å²) >= 11 is 0. The van der Waals surface area contributed by atoms with Gasteiger partial charge in [-0.1, -0.05) is 6.08 Å². The summed E-state index contributed by atoms with van der Waals surface area (Å²) in [5.74, 6) is 5.65. The van der Waals surface area contributed by atoms with Crippen molar-refractivity contribution in [3.05, 3.63) is 18.6 Å². The van der Waals surface area contributed by atoms with E-state index < -0.39 is 0 Å². The molecule has 1 rings (SSSR count). The Labute approximate surface area is 96.6 Å². The van der Waals surface area contributed by atoms with Gasteiger partial charge >= 0.3 is 17.1 Å².